The Morgan fingerprint density at radius 1 is 0.318 bits per heavy atom. The molecule has 0 N–H and O–H groups in total. The fourth-order valence-electron chi connectivity index (χ4n) is 7.31. The molecule has 66 heavy (non-hydrogen) atoms. The number of ether oxygens (including phenoxy) is 3. The molecule has 0 aliphatic rings. The Morgan fingerprint density at radius 3 is 0.955 bits per heavy atom. The SMILES string of the molecule is CC/C=C\C/C=C\C/C=C\C/C=C\CCCCCCC(=O)OCC(COC(=O)CCCC/C=C\C/C=C\C/C=C\C/C=C\CC)OC(=O)CCCCCCCCCCCCCCCCCC. The van der Waals surface area contributed by atoms with Gasteiger partial charge in [0.2, 0.25) is 0 Å². The lowest BCUT2D eigenvalue weighted by Gasteiger charge is -2.18. The van der Waals surface area contributed by atoms with Crippen LogP contribution in [0.15, 0.2) is 97.2 Å². The average molecular weight is 917 g/mol. The summed E-state index contributed by atoms with van der Waals surface area (Å²) in [5, 5.41) is 0. The van der Waals surface area contributed by atoms with Crippen LogP contribution in [0.2, 0.25) is 0 Å². The van der Waals surface area contributed by atoms with Crippen LogP contribution in [-0.2, 0) is 28.6 Å². The second-order valence-electron chi connectivity index (χ2n) is 17.7. The third kappa shape index (κ3) is 51.3. The van der Waals surface area contributed by atoms with Gasteiger partial charge in [-0.1, -0.05) is 227 Å². The standard InChI is InChI=1S/C60H100O6/c1-4-7-10-13-16-19-22-25-28-30-33-35-38-41-44-47-50-53-59(62)65-56-57(55-64-58(61)52-49-46-43-40-37-34-31-27-24-21-18-15-12-9-6-3)66-60(63)54-51-48-45-42-39-36-32-29-26-23-20-17-14-11-8-5-2/h7,9-10,12,16,18-19,21,25,27-28,31,33,35,37,40,57H,4-6,8,11,13-15,17,20,22-24,26,29-30,32,34,36,38-39,41-56H2,1-3H3/b10-7-,12-9-,19-16-,21-18-,28-25-,31-27-,35-33-,40-37-. The molecule has 0 rings (SSSR count). The molecule has 0 fully saturated rings. The van der Waals surface area contributed by atoms with Crippen molar-refractivity contribution in [3.8, 4) is 0 Å². The molecule has 6 heteroatoms. The van der Waals surface area contributed by atoms with Crippen LogP contribution in [0.1, 0.15) is 245 Å². The molecule has 0 saturated heterocycles. The first kappa shape index (κ1) is 62.3. The minimum absolute atomic E-state index is 0.103. The van der Waals surface area contributed by atoms with Crippen molar-refractivity contribution in [1.82, 2.24) is 0 Å². The van der Waals surface area contributed by atoms with E-state index < -0.39 is 6.10 Å². The van der Waals surface area contributed by atoms with Crippen LogP contribution in [0.4, 0.5) is 0 Å². The summed E-state index contributed by atoms with van der Waals surface area (Å²) in [5.74, 6) is -0.964. The van der Waals surface area contributed by atoms with Crippen LogP contribution in [-0.4, -0.2) is 37.2 Å². The van der Waals surface area contributed by atoms with Gasteiger partial charge in [0.05, 0.1) is 0 Å². The van der Waals surface area contributed by atoms with E-state index in [1.165, 1.54) is 83.5 Å². The Morgan fingerprint density at radius 2 is 0.591 bits per heavy atom. The zero-order valence-electron chi connectivity index (χ0n) is 42.9. The molecular formula is C60H100O6. The van der Waals surface area contributed by atoms with Crippen LogP contribution in [0.5, 0.6) is 0 Å². The minimum atomic E-state index is -0.804. The van der Waals surface area contributed by atoms with E-state index in [0.717, 1.165) is 122 Å². The lowest BCUT2D eigenvalue weighted by atomic mass is 10.0. The molecule has 0 saturated carbocycles. The van der Waals surface area contributed by atoms with Crippen molar-refractivity contribution in [1.29, 1.82) is 0 Å². The summed E-state index contributed by atoms with van der Waals surface area (Å²) in [6.45, 7) is 6.36. The Balaban J connectivity index is 4.48. The van der Waals surface area contributed by atoms with Gasteiger partial charge in [-0.15, -0.1) is 0 Å². The van der Waals surface area contributed by atoms with E-state index in [9.17, 15) is 14.4 Å². The van der Waals surface area contributed by atoms with Gasteiger partial charge in [-0.25, -0.2) is 0 Å². The molecule has 376 valence electrons. The average Bonchev–Trinajstić information content (AvgIpc) is 3.31. The lowest BCUT2D eigenvalue weighted by Crippen LogP contribution is -2.30. The van der Waals surface area contributed by atoms with Crippen LogP contribution in [0.3, 0.4) is 0 Å². The fraction of sp³-hybridized carbons (Fsp3) is 0.683. The fourth-order valence-corrected chi connectivity index (χ4v) is 7.31. The first-order valence-electron chi connectivity index (χ1n) is 27.2. The summed E-state index contributed by atoms with van der Waals surface area (Å²) in [7, 11) is 0. The van der Waals surface area contributed by atoms with Gasteiger partial charge in [0, 0.05) is 19.3 Å². The summed E-state index contributed by atoms with van der Waals surface area (Å²) in [6.07, 6.45) is 71.1. The molecule has 0 aromatic heterocycles. The number of carbonyl (C=O) groups excluding carboxylic acids is 3. The number of rotatable bonds is 48. The van der Waals surface area contributed by atoms with Crippen LogP contribution >= 0.6 is 0 Å². The van der Waals surface area contributed by atoms with Gasteiger partial charge in [0.1, 0.15) is 13.2 Å². The number of esters is 3. The molecular weight excluding hydrogens is 817 g/mol. The van der Waals surface area contributed by atoms with Gasteiger partial charge >= 0.3 is 17.9 Å². The van der Waals surface area contributed by atoms with E-state index in [1.54, 1.807) is 0 Å². The van der Waals surface area contributed by atoms with Crippen molar-refractivity contribution in [3.05, 3.63) is 97.2 Å². The highest BCUT2D eigenvalue weighted by atomic mass is 16.6. The highest BCUT2D eigenvalue weighted by Crippen LogP contribution is 2.15. The van der Waals surface area contributed by atoms with Gasteiger partial charge < -0.3 is 14.2 Å². The number of carbonyl (C=O) groups is 3. The van der Waals surface area contributed by atoms with Crippen molar-refractivity contribution >= 4 is 17.9 Å². The first-order chi connectivity index (χ1) is 32.5. The molecule has 6 nitrogen and oxygen atoms in total. The summed E-state index contributed by atoms with van der Waals surface area (Å²) < 4.78 is 16.8. The quantitative estimate of drug-likeness (QED) is 0.0262. The molecule has 1 atom stereocenters. The van der Waals surface area contributed by atoms with Gasteiger partial charge in [0.25, 0.3) is 0 Å². The van der Waals surface area contributed by atoms with Gasteiger partial charge in [-0.2, -0.15) is 0 Å². The monoisotopic (exact) mass is 917 g/mol. The van der Waals surface area contributed by atoms with E-state index in [1.807, 2.05) is 0 Å². The summed E-state index contributed by atoms with van der Waals surface area (Å²) >= 11 is 0. The number of allylic oxidation sites excluding steroid dienone is 16. The van der Waals surface area contributed by atoms with E-state index >= 15 is 0 Å². The van der Waals surface area contributed by atoms with Crippen molar-refractivity contribution in [2.45, 2.75) is 252 Å². The summed E-state index contributed by atoms with van der Waals surface area (Å²) in [4.78, 5) is 38.1. The van der Waals surface area contributed by atoms with E-state index in [0.29, 0.717) is 19.3 Å². The molecule has 0 aromatic rings. The highest BCUT2D eigenvalue weighted by molar-refractivity contribution is 5.71. The molecule has 0 aliphatic carbocycles. The van der Waals surface area contributed by atoms with Crippen molar-refractivity contribution in [2.75, 3.05) is 13.2 Å². The predicted molar refractivity (Wildman–Crippen MR) is 284 cm³/mol. The molecule has 0 bridgehead atoms. The summed E-state index contributed by atoms with van der Waals surface area (Å²) in [5.41, 5.74) is 0. The Bertz CT molecular complexity index is 1330. The molecule has 0 radical (unpaired) electrons. The van der Waals surface area contributed by atoms with Crippen LogP contribution in [0.25, 0.3) is 0 Å². The largest absolute Gasteiger partial charge is 0.462 e. The van der Waals surface area contributed by atoms with Crippen molar-refractivity contribution < 1.29 is 28.6 Å². The third-order valence-electron chi connectivity index (χ3n) is 11.3. The molecule has 0 aromatic carbocycles. The second-order valence-corrected chi connectivity index (χ2v) is 17.7. The van der Waals surface area contributed by atoms with Crippen molar-refractivity contribution in [2.24, 2.45) is 0 Å². The number of hydrogen-bond donors (Lipinski definition) is 0. The smallest absolute Gasteiger partial charge is 0.306 e. The minimum Gasteiger partial charge on any atom is -0.462 e. The second kappa shape index (κ2) is 53.9. The lowest BCUT2D eigenvalue weighted by molar-refractivity contribution is -0.167. The molecule has 0 spiro atoms. The van der Waals surface area contributed by atoms with E-state index in [4.69, 9.17) is 14.2 Å². The third-order valence-corrected chi connectivity index (χ3v) is 11.3. The molecule has 0 aliphatic heterocycles. The zero-order chi connectivity index (χ0) is 47.9. The maximum absolute atomic E-state index is 12.8. The molecule has 0 amide bonds. The Labute approximate surface area is 407 Å². The highest BCUT2D eigenvalue weighted by Gasteiger charge is 2.19. The van der Waals surface area contributed by atoms with Crippen molar-refractivity contribution in [3.63, 3.8) is 0 Å². The van der Waals surface area contributed by atoms with Crippen LogP contribution in [0, 0.1) is 0 Å². The Kier molecular flexibility index (Phi) is 50.9. The van der Waals surface area contributed by atoms with E-state index in [-0.39, 0.29) is 31.1 Å². The molecule has 0 heterocycles. The van der Waals surface area contributed by atoms with Crippen LogP contribution < -0.4 is 0 Å². The van der Waals surface area contributed by atoms with Gasteiger partial charge in [0.15, 0.2) is 6.10 Å². The zero-order valence-corrected chi connectivity index (χ0v) is 42.9. The normalized spacial score (nSPS) is 12.8. The first-order valence-corrected chi connectivity index (χ1v) is 27.2. The van der Waals surface area contributed by atoms with Gasteiger partial charge in [-0.05, 0) is 96.3 Å². The summed E-state index contributed by atoms with van der Waals surface area (Å²) in [6, 6.07) is 0. The van der Waals surface area contributed by atoms with E-state index in [2.05, 4.69) is 118 Å². The predicted octanol–water partition coefficient (Wildman–Crippen LogP) is 18.1. The topological polar surface area (TPSA) is 78.9 Å². The maximum atomic E-state index is 12.8. The number of hydrogen-bond acceptors (Lipinski definition) is 6. The Hall–Kier alpha value is -3.67. The maximum Gasteiger partial charge on any atom is 0.306 e. The van der Waals surface area contributed by atoms with Gasteiger partial charge in [-0.3, -0.25) is 14.4 Å². The molecule has 1 unspecified atom stereocenters. The number of unbranched alkanes of at least 4 members (excludes halogenated alkanes) is 21.